The van der Waals surface area contributed by atoms with Gasteiger partial charge in [-0.1, -0.05) is 42.5 Å². The van der Waals surface area contributed by atoms with Crippen molar-refractivity contribution in [3.8, 4) is 11.1 Å². The van der Waals surface area contributed by atoms with Crippen LogP contribution in [-0.2, 0) is 12.8 Å². The smallest absolute Gasteiger partial charge is 0.335 e. The molecule has 0 atom stereocenters. The summed E-state index contributed by atoms with van der Waals surface area (Å²) in [6.07, 6.45) is 2.20. The van der Waals surface area contributed by atoms with E-state index in [1.165, 1.54) is 21.9 Å². The van der Waals surface area contributed by atoms with E-state index < -0.39 is 5.97 Å². The van der Waals surface area contributed by atoms with Crippen LogP contribution < -0.4 is 0 Å². The summed E-state index contributed by atoms with van der Waals surface area (Å²) in [7, 11) is 0. The molecule has 102 valence electrons. The molecule has 0 heterocycles. The lowest BCUT2D eigenvalue weighted by Gasteiger charge is -2.10. The number of aromatic carboxylic acids is 1. The fourth-order valence-corrected chi connectivity index (χ4v) is 3.32. The average Bonchev–Trinajstić information content (AvgIpc) is 2.93. The van der Waals surface area contributed by atoms with Gasteiger partial charge in [0.2, 0.25) is 0 Å². The highest BCUT2D eigenvalue weighted by Gasteiger charge is 2.16. The molecule has 0 aromatic heterocycles. The van der Waals surface area contributed by atoms with E-state index in [1.807, 2.05) is 12.1 Å². The van der Waals surface area contributed by atoms with Crippen molar-refractivity contribution in [2.45, 2.75) is 12.8 Å². The van der Waals surface area contributed by atoms with Crippen LogP contribution in [0.3, 0.4) is 0 Å². The molecule has 1 aliphatic carbocycles. The topological polar surface area (TPSA) is 37.3 Å². The average molecular weight is 274 g/mol. The van der Waals surface area contributed by atoms with E-state index in [1.54, 1.807) is 12.1 Å². The first-order valence-electron chi connectivity index (χ1n) is 7.11. The van der Waals surface area contributed by atoms with Crippen LogP contribution in [0.2, 0.25) is 0 Å². The first kappa shape index (κ1) is 12.2. The normalized spacial score (nSPS) is 12.8. The molecule has 0 saturated heterocycles. The third kappa shape index (κ3) is 1.83. The van der Waals surface area contributed by atoms with Crippen molar-refractivity contribution in [1.82, 2.24) is 0 Å². The lowest BCUT2D eigenvalue weighted by Crippen LogP contribution is -1.96. The zero-order valence-electron chi connectivity index (χ0n) is 11.5. The van der Waals surface area contributed by atoms with Gasteiger partial charge in [0.25, 0.3) is 0 Å². The van der Waals surface area contributed by atoms with E-state index in [0.29, 0.717) is 5.56 Å². The molecular formula is C19H14O2. The number of hydrogen-bond donors (Lipinski definition) is 1. The number of benzene rings is 3. The third-order valence-corrected chi connectivity index (χ3v) is 4.30. The van der Waals surface area contributed by atoms with Gasteiger partial charge in [-0.15, -0.1) is 0 Å². The Morgan fingerprint density at radius 2 is 1.67 bits per heavy atom. The van der Waals surface area contributed by atoms with Crippen molar-refractivity contribution in [1.29, 1.82) is 0 Å². The van der Waals surface area contributed by atoms with Crippen molar-refractivity contribution in [2.75, 3.05) is 0 Å². The van der Waals surface area contributed by atoms with E-state index in [4.69, 9.17) is 5.11 Å². The Bertz CT molecular complexity index is 868. The van der Waals surface area contributed by atoms with E-state index in [2.05, 4.69) is 30.3 Å². The van der Waals surface area contributed by atoms with E-state index in [9.17, 15) is 4.79 Å². The third-order valence-electron chi connectivity index (χ3n) is 4.30. The lowest BCUT2D eigenvalue weighted by atomic mass is 9.94. The maximum Gasteiger partial charge on any atom is 0.335 e. The van der Waals surface area contributed by atoms with E-state index in [0.717, 1.165) is 24.0 Å². The zero-order valence-corrected chi connectivity index (χ0v) is 11.5. The molecule has 2 heteroatoms. The molecule has 0 spiro atoms. The largest absolute Gasteiger partial charge is 0.478 e. The van der Waals surface area contributed by atoms with Gasteiger partial charge >= 0.3 is 5.97 Å². The highest BCUT2D eigenvalue weighted by atomic mass is 16.4. The minimum atomic E-state index is -0.886. The number of carbonyl (C=O) groups is 1. The molecule has 3 aromatic rings. The van der Waals surface area contributed by atoms with Crippen LogP contribution in [0.15, 0.2) is 54.6 Å². The minimum Gasteiger partial charge on any atom is -0.478 e. The molecule has 21 heavy (non-hydrogen) atoms. The van der Waals surface area contributed by atoms with Crippen LogP contribution in [0.1, 0.15) is 21.5 Å². The maximum atomic E-state index is 11.2. The van der Waals surface area contributed by atoms with Crippen LogP contribution in [0.5, 0.6) is 0 Å². The second-order valence-corrected chi connectivity index (χ2v) is 5.50. The summed E-state index contributed by atoms with van der Waals surface area (Å²) < 4.78 is 0. The molecular weight excluding hydrogens is 260 g/mol. The van der Waals surface area contributed by atoms with Gasteiger partial charge < -0.3 is 5.11 Å². The molecule has 0 fully saturated rings. The maximum absolute atomic E-state index is 11.2. The molecule has 1 aliphatic rings. The number of carboxylic acids is 1. The molecule has 2 nitrogen and oxygen atoms in total. The van der Waals surface area contributed by atoms with Crippen molar-refractivity contribution < 1.29 is 9.90 Å². The number of carboxylic acid groups (broad SMARTS) is 1. The number of hydrogen-bond acceptors (Lipinski definition) is 1. The SMILES string of the molecule is O=C(O)c1cccc(-c2ccc3c4c(cccc24)CC3)c1. The van der Waals surface area contributed by atoms with Gasteiger partial charge in [0.05, 0.1) is 5.56 Å². The summed E-state index contributed by atoms with van der Waals surface area (Å²) in [6, 6.07) is 17.9. The summed E-state index contributed by atoms with van der Waals surface area (Å²) in [5.41, 5.74) is 5.21. The summed E-state index contributed by atoms with van der Waals surface area (Å²) >= 11 is 0. The van der Waals surface area contributed by atoms with Gasteiger partial charge in [-0.25, -0.2) is 4.79 Å². The van der Waals surface area contributed by atoms with Crippen LogP contribution >= 0.6 is 0 Å². The Labute approximate surface area is 122 Å². The van der Waals surface area contributed by atoms with Gasteiger partial charge in [0, 0.05) is 0 Å². The predicted octanol–water partition coefficient (Wildman–Crippen LogP) is 4.30. The number of aryl methyl sites for hydroxylation is 2. The predicted molar refractivity (Wildman–Crippen MR) is 83.8 cm³/mol. The lowest BCUT2D eigenvalue weighted by molar-refractivity contribution is 0.0697. The van der Waals surface area contributed by atoms with Crippen molar-refractivity contribution in [3.05, 3.63) is 71.3 Å². The molecule has 0 radical (unpaired) electrons. The van der Waals surface area contributed by atoms with Crippen LogP contribution in [0.4, 0.5) is 0 Å². The molecule has 4 rings (SSSR count). The highest BCUT2D eigenvalue weighted by Crippen LogP contribution is 2.37. The second kappa shape index (κ2) is 4.45. The molecule has 0 saturated carbocycles. The van der Waals surface area contributed by atoms with Gasteiger partial charge in [-0.2, -0.15) is 0 Å². The van der Waals surface area contributed by atoms with Gasteiger partial charge in [0.15, 0.2) is 0 Å². The first-order valence-corrected chi connectivity index (χ1v) is 7.11. The molecule has 1 N–H and O–H groups in total. The van der Waals surface area contributed by atoms with Crippen molar-refractivity contribution in [2.24, 2.45) is 0 Å². The summed E-state index contributed by atoms with van der Waals surface area (Å²) in [5, 5.41) is 11.8. The number of rotatable bonds is 2. The molecule has 3 aromatic carbocycles. The van der Waals surface area contributed by atoms with Gasteiger partial charge in [0.1, 0.15) is 0 Å². The Morgan fingerprint density at radius 1 is 0.905 bits per heavy atom. The van der Waals surface area contributed by atoms with Gasteiger partial charge in [-0.05, 0) is 58.0 Å². The second-order valence-electron chi connectivity index (χ2n) is 5.50. The Hall–Kier alpha value is -2.61. The summed E-state index contributed by atoms with van der Waals surface area (Å²) in [4.78, 5) is 11.2. The molecule has 0 amide bonds. The molecule has 0 bridgehead atoms. The first-order chi connectivity index (χ1) is 10.2. The minimum absolute atomic E-state index is 0.329. The van der Waals surface area contributed by atoms with Crippen molar-refractivity contribution in [3.63, 3.8) is 0 Å². The Kier molecular flexibility index (Phi) is 2.58. The monoisotopic (exact) mass is 274 g/mol. The van der Waals surface area contributed by atoms with Crippen LogP contribution in [0, 0.1) is 0 Å². The van der Waals surface area contributed by atoms with Crippen LogP contribution in [0.25, 0.3) is 21.9 Å². The Balaban J connectivity index is 2.00. The highest BCUT2D eigenvalue weighted by molar-refractivity contribution is 6.02. The summed E-state index contributed by atoms with van der Waals surface area (Å²) in [5.74, 6) is -0.886. The fourth-order valence-electron chi connectivity index (χ4n) is 3.32. The standard InChI is InChI=1S/C19H14O2/c20-19(21)15-5-1-4-14(11-15)16-10-9-13-8-7-12-3-2-6-17(16)18(12)13/h1-6,9-11H,7-8H2,(H,20,21). The zero-order chi connectivity index (χ0) is 14.4. The van der Waals surface area contributed by atoms with E-state index >= 15 is 0 Å². The van der Waals surface area contributed by atoms with Crippen molar-refractivity contribution >= 4 is 16.7 Å². The molecule has 0 unspecified atom stereocenters. The summed E-state index contributed by atoms with van der Waals surface area (Å²) in [6.45, 7) is 0. The van der Waals surface area contributed by atoms with E-state index in [-0.39, 0.29) is 0 Å². The fraction of sp³-hybridized carbons (Fsp3) is 0.105. The Morgan fingerprint density at radius 3 is 2.48 bits per heavy atom. The van der Waals surface area contributed by atoms with Crippen LogP contribution in [-0.4, -0.2) is 11.1 Å². The molecule has 0 aliphatic heterocycles. The van der Waals surface area contributed by atoms with Gasteiger partial charge in [-0.3, -0.25) is 0 Å². The quantitative estimate of drug-likeness (QED) is 0.756.